The van der Waals surface area contributed by atoms with Crippen molar-refractivity contribution in [1.82, 2.24) is 0 Å². The summed E-state index contributed by atoms with van der Waals surface area (Å²) >= 11 is 0. The molecule has 0 spiro atoms. The molecule has 116 valence electrons. The predicted molar refractivity (Wildman–Crippen MR) is 104 cm³/mol. The minimum absolute atomic E-state index is 0.338. The predicted octanol–water partition coefficient (Wildman–Crippen LogP) is 4.30. The molecule has 0 radical (unpaired) electrons. The fourth-order valence-electron chi connectivity index (χ4n) is 3.04. The number of phenols is 1. The number of hydrogen-bond acceptors (Lipinski definition) is 1. The fourth-order valence-corrected chi connectivity index (χ4v) is 5.50. The van der Waals surface area contributed by atoms with E-state index in [0.29, 0.717) is 5.75 Å². The molecule has 0 saturated carbocycles. The number of aromatic hydroxyl groups is 1. The van der Waals surface area contributed by atoms with E-state index in [1.807, 2.05) is 24.3 Å². The number of hydrogen-bond donors (Lipinski definition) is 1. The van der Waals surface area contributed by atoms with E-state index >= 15 is 0 Å². The molecule has 0 atom stereocenters. The molecular formula is C22H17OP. The van der Waals surface area contributed by atoms with Crippen LogP contribution in [0.3, 0.4) is 0 Å². The first-order valence-electron chi connectivity index (χ1n) is 7.95. The van der Waals surface area contributed by atoms with E-state index in [1.165, 1.54) is 15.9 Å². The minimum atomic E-state index is -0.669. The zero-order valence-corrected chi connectivity index (χ0v) is 14.0. The highest BCUT2D eigenvalue weighted by Crippen LogP contribution is 2.37. The van der Waals surface area contributed by atoms with Gasteiger partial charge in [-0.1, -0.05) is 84.9 Å². The van der Waals surface area contributed by atoms with Gasteiger partial charge in [-0.15, -0.1) is 0 Å². The van der Waals surface area contributed by atoms with Crippen molar-refractivity contribution in [2.24, 2.45) is 0 Å². The largest absolute Gasteiger partial charge is 0.507 e. The van der Waals surface area contributed by atoms with Gasteiger partial charge in [0.2, 0.25) is 0 Å². The van der Waals surface area contributed by atoms with Gasteiger partial charge >= 0.3 is 0 Å². The van der Waals surface area contributed by atoms with Crippen LogP contribution in [0.5, 0.6) is 5.75 Å². The summed E-state index contributed by atoms with van der Waals surface area (Å²) in [5, 5.41) is 16.2. The van der Waals surface area contributed by atoms with Crippen molar-refractivity contribution in [3.63, 3.8) is 0 Å². The molecule has 0 bridgehead atoms. The third kappa shape index (κ3) is 2.68. The van der Waals surface area contributed by atoms with E-state index in [0.717, 1.165) is 10.8 Å². The van der Waals surface area contributed by atoms with Gasteiger partial charge < -0.3 is 5.11 Å². The summed E-state index contributed by atoms with van der Waals surface area (Å²) in [6, 6.07) is 33.2. The highest BCUT2D eigenvalue weighted by molar-refractivity contribution is 7.80. The molecule has 0 aliphatic carbocycles. The molecule has 0 aromatic heterocycles. The third-order valence-corrected chi connectivity index (χ3v) is 6.65. The monoisotopic (exact) mass is 328 g/mol. The van der Waals surface area contributed by atoms with Crippen LogP contribution in [0.2, 0.25) is 0 Å². The van der Waals surface area contributed by atoms with Crippen LogP contribution in [0.1, 0.15) is 0 Å². The zero-order valence-electron chi connectivity index (χ0n) is 13.1. The van der Waals surface area contributed by atoms with E-state index in [-0.39, 0.29) is 0 Å². The van der Waals surface area contributed by atoms with Gasteiger partial charge in [0.05, 0.1) is 0 Å². The Labute approximate surface area is 143 Å². The van der Waals surface area contributed by atoms with Crippen LogP contribution < -0.4 is 15.9 Å². The first-order chi connectivity index (χ1) is 11.8. The van der Waals surface area contributed by atoms with Gasteiger partial charge in [0, 0.05) is 5.39 Å². The average molecular weight is 328 g/mol. The molecule has 1 N–H and O–H groups in total. The van der Waals surface area contributed by atoms with Gasteiger partial charge in [-0.2, -0.15) is 0 Å². The van der Waals surface area contributed by atoms with E-state index in [9.17, 15) is 5.11 Å². The van der Waals surface area contributed by atoms with Crippen LogP contribution in [-0.2, 0) is 0 Å². The van der Waals surface area contributed by atoms with Crippen LogP contribution in [0.15, 0.2) is 97.1 Å². The molecule has 4 aromatic rings. The van der Waals surface area contributed by atoms with Crippen molar-refractivity contribution >= 4 is 34.6 Å². The lowest BCUT2D eigenvalue weighted by Crippen LogP contribution is -2.21. The molecule has 0 saturated heterocycles. The second kappa shape index (κ2) is 6.47. The van der Waals surface area contributed by atoms with Gasteiger partial charge in [0.15, 0.2) is 0 Å². The van der Waals surface area contributed by atoms with E-state index in [1.54, 1.807) is 0 Å². The fraction of sp³-hybridized carbons (Fsp3) is 0. The first kappa shape index (κ1) is 14.9. The normalized spacial score (nSPS) is 11.0. The van der Waals surface area contributed by atoms with Crippen molar-refractivity contribution in [2.75, 3.05) is 0 Å². The first-order valence-corrected chi connectivity index (χ1v) is 9.30. The summed E-state index contributed by atoms with van der Waals surface area (Å²) in [5.74, 6) is 0.338. The molecule has 0 aliphatic rings. The van der Waals surface area contributed by atoms with Gasteiger partial charge in [-0.05, 0) is 41.4 Å². The Morgan fingerprint density at radius 1 is 0.500 bits per heavy atom. The maximum Gasteiger partial charge on any atom is 0.123 e. The Morgan fingerprint density at radius 2 is 1.00 bits per heavy atom. The van der Waals surface area contributed by atoms with Gasteiger partial charge in [0.1, 0.15) is 5.75 Å². The molecule has 0 aliphatic heterocycles. The second-order valence-corrected chi connectivity index (χ2v) is 7.84. The molecule has 1 nitrogen and oxygen atoms in total. The number of benzene rings is 4. The lowest BCUT2D eigenvalue weighted by atomic mass is 10.1. The molecular weight excluding hydrogens is 311 g/mol. The molecule has 0 unspecified atom stereocenters. The van der Waals surface area contributed by atoms with Gasteiger partial charge in [-0.3, -0.25) is 0 Å². The number of rotatable bonds is 3. The molecule has 24 heavy (non-hydrogen) atoms. The summed E-state index contributed by atoms with van der Waals surface area (Å²) in [6.45, 7) is 0. The Balaban J connectivity index is 2.00. The lowest BCUT2D eigenvalue weighted by Gasteiger charge is -2.21. The van der Waals surface area contributed by atoms with Crippen LogP contribution in [-0.4, -0.2) is 5.11 Å². The summed E-state index contributed by atoms with van der Waals surface area (Å²) in [7, 11) is -0.669. The smallest absolute Gasteiger partial charge is 0.123 e. The second-order valence-electron chi connectivity index (χ2n) is 5.66. The Morgan fingerprint density at radius 3 is 1.58 bits per heavy atom. The Kier molecular flexibility index (Phi) is 4.02. The molecule has 4 rings (SSSR count). The lowest BCUT2D eigenvalue weighted by molar-refractivity contribution is 0.482. The van der Waals surface area contributed by atoms with E-state index < -0.39 is 7.92 Å². The summed E-state index contributed by atoms with van der Waals surface area (Å²) in [5.41, 5.74) is 0. The quantitative estimate of drug-likeness (QED) is 0.556. The highest BCUT2D eigenvalue weighted by atomic mass is 31.1. The van der Waals surface area contributed by atoms with Crippen LogP contribution >= 0.6 is 7.92 Å². The maximum atomic E-state index is 10.2. The van der Waals surface area contributed by atoms with Gasteiger partial charge in [0.25, 0.3) is 0 Å². The van der Waals surface area contributed by atoms with Crippen molar-refractivity contribution in [1.29, 1.82) is 0 Å². The SMILES string of the molecule is Oc1ccc(P(c2ccccc2)c2ccccc2)c2ccccc12. The molecule has 0 amide bonds. The van der Waals surface area contributed by atoms with Crippen molar-refractivity contribution in [3.05, 3.63) is 97.1 Å². The highest BCUT2D eigenvalue weighted by Gasteiger charge is 2.19. The summed E-state index contributed by atoms with van der Waals surface area (Å²) < 4.78 is 0. The molecule has 0 fully saturated rings. The average Bonchev–Trinajstić information content (AvgIpc) is 2.66. The summed E-state index contributed by atoms with van der Waals surface area (Å²) in [4.78, 5) is 0. The third-order valence-electron chi connectivity index (χ3n) is 4.15. The molecule has 2 heteroatoms. The van der Waals surface area contributed by atoms with E-state index in [2.05, 4.69) is 72.8 Å². The topological polar surface area (TPSA) is 20.2 Å². The summed E-state index contributed by atoms with van der Waals surface area (Å²) in [6.07, 6.45) is 0. The Bertz CT molecular complexity index is 925. The van der Waals surface area contributed by atoms with Crippen LogP contribution in [0, 0.1) is 0 Å². The Hall–Kier alpha value is -2.63. The zero-order chi connectivity index (χ0) is 16.4. The standard InChI is InChI=1S/C22H17OP/c23-21-15-16-22(20-14-8-7-13-19(20)21)24(17-9-3-1-4-10-17)18-11-5-2-6-12-18/h1-16,23H. The molecule has 0 heterocycles. The maximum absolute atomic E-state index is 10.2. The van der Waals surface area contributed by atoms with Crippen molar-refractivity contribution < 1.29 is 5.11 Å². The van der Waals surface area contributed by atoms with Crippen LogP contribution in [0.4, 0.5) is 0 Å². The number of phenolic OH excluding ortho intramolecular Hbond substituents is 1. The number of fused-ring (bicyclic) bond motifs is 1. The molecule has 4 aromatic carbocycles. The van der Waals surface area contributed by atoms with Crippen molar-refractivity contribution in [2.45, 2.75) is 0 Å². The minimum Gasteiger partial charge on any atom is -0.507 e. The van der Waals surface area contributed by atoms with E-state index in [4.69, 9.17) is 0 Å². The van der Waals surface area contributed by atoms with Crippen LogP contribution in [0.25, 0.3) is 10.8 Å². The van der Waals surface area contributed by atoms with Crippen molar-refractivity contribution in [3.8, 4) is 5.75 Å². The van der Waals surface area contributed by atoms with Gasteiger partial charge in [-0.25, -0.2) is 0 Å².